The van der Waals surface area contributed by atoms with Gasteiger partial charge in [-0.1, -0.05) is 41.5 Å². The van der Waals surface area contributed by atoms with Crippen molar-refractivity contribution in [3.8, 4) is 17.2 Å². The number of aliphatic imine (C=N–C) groups is 1. The van der Waals surface area contributed by atoms with E-state index in [1.165, 1.54) is 12.7 Å². The van der Waals surface area contributed by atoms with Crippen molar-refractivity contribution >= 4 is 41.0 Å². The van der Waals surface area contributed by atoms with Gasteiger partial charge in [0.2, 0.25) is 6.29 Å². The number of carbonyl (C=O) groups is 2. The number of esters is 1. The summed E-state index contributed by atoms with van der Waals surface area (Å²) in [6.07, 6.45) is 4.38. The lowest BCUT2D eigenvalue weighted by molar-refractivity contribution is -0.277. The van der Waals surface area contributed by atoms with Gasteiger partial charge in [-0.15, -0.1) is 11.8 Å². The molecule has 7 unspecified atom stereocenters. The number of ketones is 1. The lowest BCUT2D eigenvalue weighted by atomic mass is 9.46. The molecule has 4 N–H and O–H groups in total. The van der Waals surface area contributed by atoms with Crippen LogP contribution in [0.2, 0.25) is 0 Å². The number of ether oxygens (including phenoxy) is 6. The van der Waals surface area contributed by atoms with Gasteiger partial charge in [0.1, 0.15) is 47.3 Å². The first kappa shape index (κ1) is 45.9. The highest BCUT2D eigenvalue weighted by Crippen LogP contribution is 2.73. The highest BCUT2D eigenvalue weighted by atomic mass is 32.2. The second-order valence-electron chi connectivity index (χ2n) is 19.9. The van der Waals surface area contributed by atoms with Crippen molar-refractivity contribution in [3.05, 3.63) is 82.0 Å². The number of benzene rings is 2. The lowest BCUT2D eigenvalue weighted by Crippen LogP contribution is -2.79. The number of nitrogens with zero attached hydrogens (tertiary/aromatic N) is 1. The molecule has 2 aromatic carbocycles. The van der Waals surface area contributed by atoms with Crippen molar-refractivity contribution in [1.29, 1.82) is 0 Å². The highest BCUT2D eigenvalue weighted by Gasteiger charge is 2.85. The van der Waals surface area contributed by atoms with E-state index in [0.29, 0.717) is 64.4 Å². The molecule has 8 aliphatic rings. The lowest BCUT2D eigenvalue weighted by Gasteiger charge is -2.63. The number of fused-ring (bicyclic) bond motifs is 4. The second-order valence-corrected chi connectivity index (χ2v) is 21.1. The van der Waals surface area contributed by atoms with E-state index in [-0.39, 0.29) is 29.1 Å². The Balaban J connectivity index is 1.37. The molecule has 5 fully saturated rings. The Labute approximate surface area is 384 Å². The van der Waals surface area contributed by atoms with E-state index >= 15 is 4.79 Å². The summed E-state index contributed by atoms with van der Waals surface area (Å²) in [7, 11) is 1.33. The van der Waals surface area contributed by atoms with Gasteiger partial charge >= 0.3 is 5.97 Å². The monoisotopic (exact) mass is 911 g/mol. The number of hydrogen-bond acceptors (Lipinski definition) is 14. The van der Waals surface area contributed by atoms with Gasteiger partial charge in [0.25, 0.3) is 0 Å². The van der Waals surface area contributed by atoms with Crippen LogP contribution in [0.5, 0.6) is 17.2 Å². The van der Waals surface area contributed by atoms with Crippen LogP contribution in [-0.4, -0.2) is 110 Å². The van der Waals surface area contributed by atoms with Crippen molar-refractivity contribution in [2.45, 2.75) is 151 Å². The van der Waals surface area contributed by atoms with E-state index in [0.717, 1.165) is 16.9 Å². The van der Waals surface area contributed by atoms with E-state index in [4.69, 9.17) is 33.4 Å². The average molecular weight is 912 g/mol. The zero-order valence-corrected chi connectivity index (χ0v) is 39.4. The van der Waals surface area contributed by atoms with Crippen LogP contribution < -0.4 is 14.2 Å². The Kier molecular flexibility index (Phi) is 11.6. The maximum Gasteiger partial charge on any atom is 0.333 e. The summed E-state index contributed by atoms with van der Waals surface area (Å²) < 4.78 is 40.4. The number of thioether (sulfide) groups is 1. The maximum absolute atomic E-state index is 15.7. The molecule has 12 atom stereocenters. The number of rotatable bonds is 11. The first-order valence-electron chi connectivity index (χ1n) is 22.7. The van der Waals surface area contributed by atoms with Gasteiger partial charge in [-0.3, -0.25) is 9.79 Å². The molecule has 0 amide bonds. The van der Waals surface area contributed by atoms with Crippen molar-refractivity contribution in [3.63, 3.8) is 0 Å². The van der Waals surface area contributed by atoms with Crippen LogP contribution in [0.15, 0.2) is 75.2 Å². The molecule has 5 aliphatic heterocycles. The molecule has 2 saturated heterocycles. The van der Waals surface area contributed by atoms with Crippen LogP contribution in [0.4, 0.5) is 5.69 Å². The maximum atomic E-state index is 15.7. The third-order valence-electron chi connectivity index (χ3n) is 14.7. The molecule has 10 rings (SSSR count). The molecule has 1 spiro atoms. The summed E-state index contributed by atoms with van der Waals surface area (Å²) in [6, 6.07) is 7.85. The molecule has 0 aromatic heterocycles. The van der Waals surface area contributed by atoms with Crippen molar-refractivity contribution < 1.29 is 58.4 Å². The largest absolute Gasteiger partial charge is 0.482 e. The number of methoxy groups -OCH3 is 1. The predicted molar refractivity (Wildman–Crippen MR) is 245 cm³/mol. The van der Waals surface area contributed by atoms with E-state index in [2.05, 4.69) is 26.0 Å². The van der Waals surface area contributed by atoms with Crippen LogP contribution in [0, 0.1) is 17.8 Å². The fraction of sp³-hybridized carbons (Fsp3) is 0.549. The van der Waals surface area contributed by atoms with Crippen molar-refractivity contribution in [2.24, 2.45) is 22.7 Å². The first-order chi connectivity index (χ1) is 30.8. The van der Waals surface area contributed by atoms with E-state index in [1.807, 2.05) is 71.0 Å². The molecular formula is C51H61NO12S. The zero-order chi connectivity index (χ0) is 46.5. The molecule has 5 heterocycles. The summed E-state index contributed by atoms with van der Waals surface area (Å²) in [5.74, 6) is -0.961. The molecule has 65 heavy (non-hydrogen) atoms. The van der Waals surface area contributed by atoms with Crippen LogP contribution in [0.1, 0.15) is 97.8 Å². The van der Waals surface area contributed by atoms with Gasteiger partial charge in [0, 0.05) is 39.5 Å². The number of aliphatic hydroxyl groups excluding tert-OH is 4. The summed E-state index contributed by atoms with van der Waals surface area (Å²) in [5.41, 5.74) is 0.971. The van der Waals surface area contributed by atoms with Crippen LogP contribution in [0.25, 0.3) is 6.08 Å². The standard InChI is InChI=1S/C51H61NO12S/c1-25(2)13-12-20-49(8)21-19-29-41(62-49)28(17-16-26(3)4)43-35(42(29)61-47-40(56)39(55)38(54)32(24-53)60-47)37-36-44(65-33-15-11-10-14-31(33)52-37)30-23-34-48(6,7)64-50(45(30)57,51(34,36)63-43)22-18-27(5)46(58)59-9/h10-11,13-16,18-19,21,30,32,34,36,38-40,44,47,53-56H,12,17,20,22-24H2,1-9H3/t30?,32-,34?,36?,38-,39+,40-,44?,47+,49?,50?,51?/m1/s1. The van der Waals surface area contributed by atoms with Gasteiger partial charge in [-0.05, 0) is 105 Å². The Morgan fingerprint density at radius 3 is 2.42 bits per heavy atom. The summed E-state index contributed by atoms with van der Waals surface area (Å²) in [4.78, 5) is 35.1. The molecular weight excluding hydrogens is 851 g/mol. The number of para-hydroxylation sites is 1. The molecule has 348 valence electrons. The van der Waals surface area contributed by atoms with E-state index < -0.39 is 77.5 Å². The van der Waals surface area contributed by atoms with Gasteiger partial charge in [0.05, 0.1) is 47.8 Å². The topological polar surface area (TPSA) is 183 Å². The fourth-order valence-corrected chi connectivity index (χ4v) is 13.1. The first-order valence-corrected chi connectivity index (χ1v) is 23.6. The number of hydrogen-bond donors (Lipinski definition) is 4. The second kappa shape index (κ2) is 16.5. The summed E-state index contributed by atoms with van der Waals surface area (Å²) in [6.45, 7) is 15.2. The Bertz CT molecular complexity index is 2460. The number of carbonyl (C=O) groups excluding carboxylic acids is 2. The minimum atomic E-state index is -1.73. The molecule has 14 heteroatoms. The molecule has 2 aromatic rings. The van der Waals surface area contributed by atoms with Crippen LogP contribution in [0.3, 0.4) is 0 Å². The smallest absolute Gasteiger partial charge is 0.333 e. The molecule has 13 nitrogen and oxygen atoms in total. The van der Waals surface area contributed by atoms with E-state index in [1.54, 1.807) is 24.8 Å². The Hall–Kier alpha value is -4.28. The summed E-state index contributed by atoms with van der Waals surface area (Å²) in [5, 5.41) is 43.3. The van der Waals surface area contributed by atoms with E-state index in [9.17, 15) is 25.2 Å². The minimum Gasteiger partial charge on any atom is -0.482 e. The predicted octanol–water partition coefficient (Wildman–Crippen LogP) is 6.90. The van der Waals surface area contributed by atoms with Gasteiger partial charge < -0.3 is 48.8 Å². The normalized spacial score (nSPS) is 35.5. The van der Waals surface area contributed by atoms with Gasteiger partial charge in [-0.25, -0.2) is 4.79 Å². The van der Waals surface area contributed by atoms with Crippen molar-refractivity contribution in [2.75, 3.05) is 13.7 Å². The minimum absolute atomic E-state index is 0.0385. The fourth-order valence-electron chi connectivity index (χ4n) is 11.5. The zero-order valence-electron chi connectivity index (χ0n) is 38.5. The quantitative estimate of drug-likeness (QED) is 0.104. The molecule has 4 bridgehead atoms. The van der Waals surface area contributed by atoms with Crippen LogP contribution >= 0.6 is 11.8 Å². The third kappa shape index (κ3) is 7.07. The van der Waals surface area contributed by atoms with Gasteiger partial charge in [0.15, 0.2) is 17.0 Å². The highest BCUT2D eigenvalue weighted by molar-refractivity contribution is 8.00. The SMILES string of the molecule is COC(=O)C(C)=CCC12OC(C)(C)C3CC(C1=O)C1Sc4ccccc4N=C4c5c(O[C@@H]6O[C@H](CO)[C@@H](O)[C@H](O)[C@H]6O)c6c(c(CC=C(C)C)c5OC32C41)OC(C)(CCC=C(C)C)C=C6. The summed E-state index contributed by atoms with van der Waals surface area (Å²) >= 11 is 1.61. The molecule has 3 saturated carbocycles. The van der Waals surface area contributed by atoms with Crippen LogP contribution in [-0.2, 0) is 30.2 Å². The number of allylic oxidation sites excluding steroid dienone is 4. The van der Waals surface area contributed by atoms with Crippen molar-refractivity contribution in [1.82, 2.24) is 0 Å². The number of aliphatic hydroxyl groups is 4. The average Bonchev–Trinajstić information content (AvgIpc) is 3.34. The number of Topliss-reactive ketones (excluding diaryl/α,β-unsaturated/α-hetero) is 1. The third-order valence-corrected chi connectivity index (χ3v) is 16.1. The molecule has 0 radical (unpaired) electrons. The Morgan fingerprint density at radius 1 is 0.969 bits per heavy atom. The molecule has 3 aliphatic carbocycles. The van der Waals surface area contributed by atoms with Gasteiger partial charge in [-0.2, -0.15) is 0 Å². The Morgan fingerprint density at radius 2 is 1.71 bits per heavy atom.